The molecule has 0 unspecified atom stereocenters. The van der Waals surface area contributed by atoms with Gasteiger partial charge in [0.25, 0.3) is 0 Å². The highest BCUT2D eigenvalue weighted by Gasteiger charge is 2.71. The van der Waals surface area contributed by atoms with Crippen molar-refractivity contribution in [1.82, 2.24) is 0 Å². The van der Waals surface area contributed by atoms with Gasteiger partial charge in [-0.25, -0.2) is 0 Å². The van der Waals surface area contributed by atoms with Crippen molar-refractivity contribution in [1.29, 1.82) is 0 Å². The first-order chi connectivity index (χ1) is 24.9. The van der Waals surface area contributed by atoms with Gasteiger partial charge < -0.3 is 10.2 Å². The number of aliphatic carboxylic acids is 1. The monoisotopic (exact) mass is 739 g/mol. The molecule has 0 amide bonds. The molecule has 6 aliphatic rings. The lowest BCUT2D eigenvalue weighted by molar-refractivity contribution is -0.229. The highest BCUT2D eigenvalue weighted by atomic mass is 16.4. The van der Waals surface area contributed by atoms with Crippen LogP contribution in [0.2, 0.25) is 0 Å². The number of carboxylic acid groups (broad SMARTS) is 1. The third-order valence-corrected chi connectivity index (χ3v) is 17.8. The van der Waals surface area contributed by atoms with Crippen LogP contribution in [0.3, 0.4) is 0 Å². The van der Waals surface area contributed by atoms with Gasteiger partial charge in [0.1, 0.15) is 5.60 Å². The Bertz CT molecular complexity index is 1740. The molecular formula is C50H74O4. The smallest absolute Gasteiger partial charge is 0.310 e. The van der Waals surface area contributed by atoms with Crippen LogP contribution in [-0.4, -0.2) is 27.6 Å². The first-order valence-electron chi connectivity index (χ1n) is 21.5. The zero-order valence-corrected chi connectivity index (χ0v) is 36.2. The van der Waals surface area contributed by atoms with Gasteiger partial charge in [-0.2, -0.15) is 0 Å². The van der Waals surface area contributed by atoms with Crippen molar-refractivity contribution in [3.63, 3.8) is 0 Å². The van der Waals surface area contributed by atoms with Crippen molar-refractivity contribution in [2.45, 2.75) is 172 Å². The number of aliphatic hydroxyl groups is 1. The lowest BCUT2D eigenvalue weighted by atomic mass is 9.32. The van der Waals surface area contributed by atoms with Crippen LogP contribution in [0, 0.1) is 55.7 Å². The van der Waals surface area contributed by atoms with Crippen molar-refractivity contribution in [2.75, 3.05) is 0 Å². The quantitative estimate of drug-likeness (QED) is 0.155. The summed E-state index contributed by atoms with van der Waals surface area (Å²) in [5.74, 6) is -0.0320. The maximum absolute atomic E-state index is 14.2. The molecule has 0 aromatic carbocycles. The molecule has 0 bridgehead atoms. The number of allylic oxidation sites excluding steroid dienone is 11. The van der Waals surface area contributed by atoms with Crippen LogP contribution in [-0.2, 0) is 9.59 Å². The van der Waals surface area contributed by atoms with Gasteiger partial charge in [-0.3, -0.25) is 9.59 Å². The van der Waals surface area contributed by atoms with Gasteiger partial charge in [-0.15, -0.1) is 0 Å². The van der Waals surface area contributed by atoms with Crippen molar-refractivity contribution in [2.24, 2.45) is 55.7 Å². The average molecular weight is 739 g/mol. The molecule has 4 fully saturated rings. The summed E-state index contributed by atoms with van der Waals surface area (Å²) in [7, 11) is 0. The maximum Gasteiger partial charge on any atom is 0.310 e. The fraction of sp³-hybridized carbons (Fsp3) is 0.720. The van der Waals surface area contributed by atoms with Crippen LogP contribution in [0.1, 0.15) is 167 Å². The second kappa shape index (κ2) is 13.6. The van der Waals surface area contributed by atoms with E-state index in [1.54, 1.807) is 6.08 Å². The van der Waals surface area contributed by atoms with Gasteiger partial charge in [-0.05, 0) is 166 Å². The van der Waals surface area contributed by atoms with Crippen LogP contribution in [0.5, 0.6) is 0 Å². The Labute approximate surface area is 328 Å². The number of carboxylic acids is 1. The molecule has 298 valence electrons. The summed E-state index contributed by atoms with van der Waals surface area (Å²) < 4.78 is 0. The molecule has 4 nitrogen and oxygen atoms in total. The van der Waals surface area contributed by atoms with E-state index in [1.807, 2.05) is 19.1 Å². The molecule has 0 aromatic rings. The van der Waals surface area contributed by atoms with E-state index in [0.29, 0.717) is 12.3 Å². The zero-order chi connectivity index (χ0) is 39.9. The van der Waals surface area contributed by atoms with E-state index < -0.39 is 22.4 Å². The summed E-state index contributed by atoms with van der Waals surface area (Å²) in [6, 6.07) is 0. The van der Waals surface area contributed by atoms with E-state index in [0.717, 1.165) is 63.4 Å². The predicted molar refractivity (Wildman–Crippen MR) is 223 cm³/mol. The summed E-state index contributed by atoms with van der Waals surface area (Å²) in [6.45, 7) is 27.5. The number of carbonyl (C=O) groups is 2. The van der Waals surface area contributed by atoms with E-state index >= 15 is 0 Å². The summed E-state index contributed by atoms with van der Waals surface area (Å²) >= 11 is 0. The van der Waals surface area contributed by atoms with Gasteiger partial charge in [0.15, 0.2) is 5.78 Å². The number of ketones is 1. The standard InChI is InChI=1S/C50H74O4/c1-33(18-19-36-35(3)17-14-23-44(36,6)7)15-13-16-34(2)31-41(51)50(54)30-26-46(10)39(45(50,8)9)22-24-48(12)40(46)21-20-37-38-32-43(4,5)25-28-49(38,42(52)53)29-27-47(37,48)11/h13,15-16,18-20,31,38-40,54H,14,17,21-30,32H2,1-12H3,(H,52,53)/t38-,39-,40-,46-,47+,48+,49-,50+/m0/s1. The van der Waals surface area contributed by atoms with Crippen molar-refractivity contribution in [3.8, 4) is 0 Å². The lowest BCUT2D eigenvalue weighted by Crippen LogP contribution is -2.68. The number of hydrogen-bond acceptors (Lipinski definition) is 3. The summed E-state index contributed by atoms with van der Waals surface area (Å²) in [4.78, 5) is 27.2. The SMILES string of the molecule is CC(C=CC1=C(C)CCCC1(C)C)=CC=CC(C)=CC(=O)[C@]1(O)CC[C@@]2(C)[C@@H](CC[C@]3(C)[C@H]2CC=C2[C@@H]4CC(C)(C)CC[C@]4(C(=O)O)CC[C@]23C)C1(C)C. The van der Waals surface area contributed by atoms with Crippen LogP contribution >= 0.6 is 0 Å². The van der Waals surface area contributed by atoms with E-state index in [2.05, 4.69) is 100 Å². The molecule has 4 saturated carbocycles. The summed E-state index contributed by atoms with van der Waals surface area (Å²) in [6.07, 6.45) is 27.2. The Morgan fingerprint density at radius 3 is 2.17 bits per heavy atom. The predicted octanol–water partition coefficient (Wildman–Crippen LogP) is 12.7. The van der Waals surface area contributed by atoms with Gasteiger partial charge >= 0.3 is 5.97 Å². The molecule has 8 atom stereocenters. The third kappa shape index (κ3) is 6.26. The van der Waals surface area contributed by atoms with Gasteiger partial charge in [0, 0.05) is 5.41 Å². The molecule has 54 heavy (non-hydrogen) atoms. The minimum absolute atomic E-state index is 0.0306. The Balaban J connectivity index is 1.21. The van der Waals surface area contributed by atoms with Gasteiger partial charge in [-0.1, -0.05) is 115 Å². The normalized spacial score (nSPS) is 41.8. The lowest BCUT2D eigenvalue weighted by Gasteiger charge is -2.72. The third-order valence-electron chi connectivity index (χ3n) is 17.8. The molecule has 6 aliphatic carbocycles. The van der Waals surface area contributed by atoms with Crippen LogP contribution in [0.4, 0.5) is 0 Å². The van der Waals surface area contributed by atoms with E-state index in [1.165, 1.54) is 41.6 Å². The molecule has 4 heteroatoms. The molecule has 0 heterocycles. The molecule has 0 aromatic heterocycles. The van der Waals surface area contributed by atoms with Gasteiger partial charge in [0.2, 0.25) is 0 Å². The van der Waals surface area contributed by atoms with E-state index in [4.69, 9.17) is 0 Å². The van der Waals surface area contributed by atoms with Crippen molar-refractivity contribution >= 4 is 11.8 Å². The average Bonchev–Trinajstić information content (AvgIpc) is 3.06. The van der Waals surface area contributed by atoms with Crippen LogP contribution < -0.4 is 0 Å². The molecule has 0 spiro atoms. The Hall–Kier alpha value is -2.46. The molecule has 0 aliphatic heterocycles. The molecule has 6 rings (SSSR count). The van der Waals surface area contributed by atoms with Crippen molar-refractivity contribution in [3.05, 3.63) is 70.4 Å². The fourth-order valence-electron chi connectivity index (χ4n) is 14.0. The number of rotatable bonds is 7. The molecular weight excluding hydrogens is 665 g/mol. The molecule has 0 saturated heterocycles. The second-order valence-corrected chi connectivity index (χ2v) is 22.0. The number of hydrogen-bond donors (Lipinski definition) is 2. The van der Waals surface area contributed by atoms with Crippen LogP contribution in [0.25, 0.3) is 0 Å². The zero-order valence-electron chi connectivity index (χ0n) is 36.2. The van der Waals surface area contributed by atoms with E-state index in [-0.39, 0.29) is 44.7 Å². The first-order valence-corrected chi connectivity index (χ1v) is 21.5. The highest BCUT2D eigenvalue weighted by Crippen LogP contribution is 2.76. The minimum Gasteiger partial charge on any atom is -0.481 e. The van der Waals surface area contributed by atoms with Crippen LogP contribution in [0.15, 0.2) is 70.4 Å². The molecule has 0 radical (unpaired) electrons. The van der Waals surface area contributed by atoms with Crippen molar-refractivity contribution < 1.29 is 19.8 Å². The summed E-state index contributed by atoms with van der Waals surface area (Å²) in [5.41, 5.74) is 4.08. The minimum atomic E-state index is -1.42. The largest absolute Gasteiger partial charge is 0.481 e. The van der Waals surface area contributed by atoms with E-state index in [9.17, 15) is 19.8 Å². The Kier molecular flexibility index (Phi) is 10.4. The Morgan fingerprint density at radius 1 is 0.815 bits per heavy atom. The Morgan fingerprint density at radius 2 is 1.50 bits per heavy atom. The van der Waals surface area contributed by atoms with Gasteiger partial charge in [0.05, 0.1) is 5.41 Å². The topological polar surface area (TPSA) is 74.6 Å². The fourth-order valence-corrected chi connectivity index (χ4v) is 14.0. The number of fused-ring (bicyclic) bond motifs is 7. The maximum atomic E-state index is 14.2. The first kappa shape index (κ1) is 41.2. The number of carbonyl (C=O) groups excluding carboxylic acids is 1. The highest BCUT2D eigenvalue weighted by molar-refractivity contribution is 5.98. The molecule has 2 N–H and O–H groups in total. The second-order valence-electron chi connectivity index (χ2n) is 22.0. The summed E-state index contributed by atoms with van der Waals surface area (Å²) in [5, 5.41) is 23.2.